The Balaban J connectivity index is 2.39. The largest absolute Gasteiger partial charge is 0.397 e. The third kappa shape index (κ3) is 2.17. The van der Waals surface area contributed by atoms with Crippen molar-refractivity contribution in [1.82, 2.24) is 0 Å². The fourth-order valence-corrected chi connectivity index (χ4v) is 2.43. The molecule has 0 spiro atoms. The summed E-state index contributed by atoms with van der Waals surface area (Å²) in [6.45, 7) is 0.0664. The Bertz CT molecular complexity index is 512. The van der Waals surface area contributed by atoms with Gasteiger partial charge < -0.3 is 16.4 Å². The summed E-state index contributed by atoms with van der Waals surface area (Å²) in [7, 11) is 0. The minimum Gasteiger partial charge on any atom is -0.397 e. The van der Waals surface area contributed by atoms with Gasteiger partial charge in [0.05, 0.1) is 11.6 Å². The molecule has 0 saturated carbocycles. The molecule has 18 heavy (non-hydrogen) atoms. The Labute approximate surface area is 111 Å². The molecule has 1 heterocycles. The van der Waals surface area contributed by atoms with Gasteiger partial charge in [-0.2, -0.15) is 0 Å². The zero-order valence-electron chi connectivity index (χ0n) is 9.32. The summed E-state index contributed by atoms with van der Waals surface area (Å²) in [5.74, 6) is -2.13. The van der Waals surface area contributed by atoms with Gasteiger partial charge in [-0.3, -0.25) is 9.59 Å². The van der Waals surface area contributed by atoms with Crippen molar-refractivity contribution in [2.24, 2.45) is 11.7 Å². The number of hydrogen-bond donors (Lipinski definition) is 2. The molecule has 2 amide bonds. The molecule has 7 heteroatoms. The highest BCUT2D eigenvalue weighted by atomic mass is 79.9. The number of rotatable bonds is 2. The number of hydrogen-bond acceptors (Lipinski definition) is 3. The quantitative estimate of drug-likeness (QED) is 0.798. The van der Waals surface area contributed by atoms with E-state index < -0.39 is 17.6 Å². The van der Waals surface area contributed by atoms with Crippen molar-refractivity contribution < 1.29 is 14.0 Å². The van der Waals surface area contributed by atoms with Crippen molar-refractivity contribution in [3.05, 3.63) is 22.4 Å². The second-order valence-electron chi connectivity index (χ2n) is 4.13. The highest BCUT2D eigenvalue weighted by Gasteiger charge is 2.36. The Morgan fingerprint density at radius 3 is 2.67 bits per heavy atom. The van der Waals surface area contributed by atoms with Gasteiger partial charge in [-0.1, -0.05) is 15.9 Å². The van der Waals surface area contributed by atoms with Crippen molar-refractivity contribution in [2.45, 2.75) is 6.42 Å². The first-order valence-corrected chi connectivity index (χ1v) is 6.03. The zero-order chi connectivity index (χ0) is 13.4. The average molecular weight is 316 g/mol. The van der Waals surface area contributed by atoms with E-state index in [2.05, 4.69) is 15.9 Å². The molecule has 1 atom stereocenters. The Morgan fingerprint density at radius 1 is 1.50 bits per heavy atom. The number of benzene rings is 1. The monoisotopic (exact) mass is 315 g/mol. The van der Waals surface area contributed by atoms with E-state index in [0.717, 1.165) is 0 Å². The summed E-state index contributed by atoms with van der Waals surface area (Å²) < 4.78 is 14.3. The lowest BCUT2D eigenvalue weighted by Gasteiger charge is -2.19. The molecular weight excluding hydrogens is 305 g/mol. The second-order valence-corrected chi connectivity index (χ2v) is 5.05. The van der Waals surface area contributed by atoms with Gasteiger partial charge in [-0.15, -0.1) is 0 Å². The Kier molecular flexibility index (Phi) is 3.25. The topological polar surface area (TPSA) is 89.4 Å². The number of carbonyl (C=O) groups is 2. The Hall–Kier alpha value is -1.63. The lowest BCUT2D eigenvalue weighted by molar-refractivity contribution is -0.123. The lowest BCUT2D eigenvalue weighted by atomic mass is 10.1. The van der Waals surface area contributed by atoms with Crippen LogP contribution in [0.4, 0.5) is 15.8 Å². The molecule has 96 valence electrons. The van der Waals surface area contributed by atoms with Crippen LogP contribution in [0.5, 0.6) is 0 Å². The summed E-state index contributed by atoms with van der Waals surface area (Å²) in [4.78, 5) is 24.0. The summed E-state index contributed by atoms with van der Waals surface area (Å²) in [5, 5.41) is 0. The highest BCUT2D eigenvalue weighted by Crippen LogP contribution is 2.34. The fraction of sp³-hybridized carbons (Fsp3) is 0.273. The molecule has 0 radical (unpaired) electrons. The predicted molar refractivity (Wildman–Crippen MR) is 68.2 cm³/mol. The Morgan fingerprint density at radius 2 is 2.17 bits per heavy atom. The number of nitrogens with two attached hydrogens (primary N) is 2. The summed E-state index contributed by atoms with van der Waals surface area (Å²) in [6.07, 6.45) is -0.00965. The first-order valence-electron chi connectivity index (χ1n) is 5.24. The fourth-order valence-electron chi connectivity index (χ4n) is 1.98. The van der Waals surface area contributed by atoms with E-state index in [9.17, 15) is 14.0 Å². The molecule has 4 N–H and O–H groups in total. The third-order valence-corrected chi connectivity index (χ3v) is 3.31. The van der Waals surface area contributed by atoms with E-state index in [1.165, 1.54) is 17.0 Å². The van der Waals surface area contributed by atoms with Crippen molar-refractivity contribution >= 4 is 39.1 Å². The maximum atomic E-state index is 13.8. The molecule has 2 rings (SSSR count). The van der Waals surface area contributed by atoms with E-state index in [1.54, 1.807) is 0 Å². The van der Waals surface area contributed by atoms with Crippen LogP contribution < -0.4 is 16.4 Å². The van der Waals surface area contributed by atoms with Crippen molar-refractivity contribution in [2.75, 3.05) is 17.2 Å². The van der Waals surface area contributed by atoms with Gasteiger partial charge in [-0.05, 0) is 12.1 Å². The van der Waals surface area contributed by atoms with E-state index in [4.69, 9.17) is 11.5 Å². The van der Waals surface area contributed by atoms with Gasteiger partial charge in [0.2, 0.25) is 11.8 Å². The van der Waals surface area contributed by atoms with Crippen molar-refractivity contribution in [3.8, 4) is 0 Å². The van der Waals surface area contributed by atoms with Crippen LogP contribution in [-0.4, -0.2) is 18.4 Å². The number of anilines is 2. The minimum absolute atomic E-state index is 0.00644. The molecule has 0 aromatic heterocycles. The van der Waals surface area contributed by atoms with Crippen LogP contribution in [0.2, 0.25) is 0 Å². The van der Waals surface area contributed by atoms with Gasteiger partial charge in [0, 0.05) is 17.4 Å². The normalized spacial score (nSPS) is 19.3. The van der Waals surface area contributed by atoms with Crippen LogP contribution in [0, 0.1) is 11.7 Å². The summed E-state index contributed by atoms with van der Waals surface area (Å²) >= 11 is 3.11. The minimum atomic E-state index is -0.611. The van der Waals surface area contributed by atoms with Crippen LogP contribution in [0.25, 0.3) is 0 Å². The first kappa shape index (κ1) is 12.8. The zero-order valence-corrected chi connectivity index (χ0v) is 10.9. The smallest absolute Gasteiger partial charge is 0.228 e. The van der Waals surface area contributed by atoms with Gasteiger partial charge in [0.15, 0.2) is 0 Å². The maximum Gasteiger partial charge on any atom is 0.228 e. The molecule has 1 unspecified atom stereocenters. The number of halogens is 2. The van der Waals surface area contributed by atoms with Gasteiger partial charge >= 0.3 is 0 Å². The molecule has 0 bridgehead atoms. The number of carbonyl (C=O) groups excluding carboxylic acids is 2. The standard InChI is InChI=1S/C11H11BrFN3O2/c12-6-2-7(13)10(8(14)3-6)16-4-5(11(15)18)1-9(16)17/h2-3,5H,1,4,14H2,(H2,15,18). The van der Waals surface area contributed by atoms with Gasteiger partial charge in [0.25, 0.3) is 0 Å². The number of primary amides is 1. The van der Waals surface area contributed by atoms with Crippen LogP contribution in [0.1, 0.15) is 6.42 Å². The van der Waals surface area contributed by atoms with E-state index in [-0.39, 0.29) is 30.2 Å². The van der Waals surface area contributed by atoms with Gasteiger partial charge in [0.1, 0.15) is 11.5 Å². The predicted octanol–water partition coefficient (Wildman–Crippen LogP) is 1.01. The first-order chi connectivity index (χ1) is 8.40. The van der Waals surface area contributed by atoms with Crippen LogP contribution in [0.15, 0.2) is 16.6 Å². The highest BCUT2D eigenvalue weighted by molar-refractivity contribution is 9.10. The van der Waals surface area contributed by atoms with E-state index >= 15 is 0 Å². The number of nitrogens with zero attached hydrogens (tertiary/aromatic N) is 1. The molecule has 1 aromatic rings. The van der Waals surface area contributed by atoms with E-state index in [0.29, 0.717) is 4.47 Å². The average Bonchev–Trinajstić information content (AvgIpc) is 2.59. The molecule has 0 aliphatic carbocycles. The molecule has 1 aromatic carbocycles. The van der Waals surface area contributed by atoms with Crippen LogP contribution in [0.3, 0.4) is 0 Å². The lowest BCUT2D eigenvalue weighted by Crippen LogP contribution is -2.29. The molecular formula is C11H11BrFN3O2. The maximum absolute atomic E-state index is 13.8. The summed E-state index contributed by atoms with van der Waals surface area (Å²) in [5.41, 5.74) is 11.0. The molecule has 1 aliphatic rings. The number of amides is 2. The number of nitrogen functional groups attached to an aromatic ring is 1. The van der Waals surface area contributed by atoms with Crippen molar-refractivity contribution in [1.29, 1.82) is 0 Å². The third-order valence-electron chi connectivity index (χ3n) is 2.85. The molecule has 1 fully saturated rings. The summed E-state index contributed by atoms with van der Waals surface area (Å²) in [6, 6.07) is 2.72. The second kappa shape index (κ2) is 4.56. The molecule has 1 saturated heterocycles. The molecule has 5 nitrogen and oxygen atoms in total. The van der Waals surface area contributed by atoms with Gasteiger partial charge in [-0.25, -0.2) is 4.39 Å². The SMILES string of the molecule is NC(=O)C1CC(=O)N(c2c(N)cc(Br)cc2F)C1. The van der Waals surface area contributed by atoms with Crippen molar-refractivity contribution in [3.63, 3.8) is 0 Å². The van der Waals surface area contributed by atoms with Crippen LogP contribution >= 0.6 is 15.9 Å². The molecule has 1 aliphatic heterocycles. The van der Waals surface area contributed by atoms with E-state index in [1.807, 2.05) is 0 Å². The van der Waals surface area contributed by atoms with Crippen LogP contribution in [-0.2, 0) is 9.59 Å².